The highest BCUT2D eigenvalue weighted by atomic mass is 16.5. The van der Waals surface area contributed by atoms with Gasteiger partial charge >= 0.3 is 0 Å². The molecule has 0 unspecified atom stereocenters. The zero-order valence-corrected chi connectivity index (χ0v) is 10.3. The van der Waals surface area contributed by atoms with Crippen LogP contribution in [-0.2, 0) is 0 Å². The molecule has 2 aromatic rings. The molecular weight excluding hydrogens is 212 g/mol. The highest BCUT2D eigenvalue weighted by Crippen LogP contribution is 2.19. The van der Waals surface area contributed by atoms with Gasteiger partial charge in [0.2, 0.25) is 5.88 Å². The molecule has 0 aliphatic rings. The van der Waals surface area contributed by atoms with Crippen LogP contribution in [-0.4, -0.2) is 15.6 Å². The van der Waals surface area contributed by atoms with E-state index in [0.717, 1.165) is 5.56 Å². The zero-order chi connectivity index (χ0) is 12.3. The molecule has 0 spiro atoms. The molecule has 0 aliphatic carbocycles. The fraction of sp³-hybridized carbons (Fsp3) is 0.286. The number of aromatic nitrogens is 2. The summed E-state index contributed by atoms with van der Waals surface area (Å²) in [5, 5.41) is 0. The van der Waals surface area contributed by atoms with Crippen molar-refractivity contribution in [3.8, 4) is 17.3 Å². The lowest BCUT2D eigenvalue weighted by atomic mass is 10.2. The number of hydrogen-bond donors (Lipinski definition) is 0. The minimum absolute atomic E-state index is 0.248. The molecule has 0 N–H and O–H groups in total. The predicted octanol–water partition coefficient (Wildman–Crippen LogP) is 3.32. The Labute approximate surface area is 102 Å². The smallest absolute Gasteiger partial charge is 0.217 e. The average molecular weight is 228 g/mol. The molecule has 3 nitrogen and oxygen atoms in total. The molecule has 0 amide bonds. The number of hydrogen-bond acceptors (Lipinski definition) is 3. The number of ether oxygens (including phenoxy) is 1. The zero-order valence-electron chi connectivity index (χ0n) is 10.3. The summed E-state index contributed by atoms with van der Waals surface area (Å²) in [5.41, 5.74) is 0.745. The van der Waals surface area contributed by atoms with Crippen LogP contribution in [0.5, 0.6) is 5.88 Å². The normalized spacial score (nSPS) is 11.2. The molecule has 0 saturated heterocycles. The van der Waals surface area contributed by atoms with Gasteiger partial charge in [0.1, 0.15) is 5.60 Å². The fourth-order valence-electron chi connectivity index (χ4n) is 1.44. The molecule has 0 fully saturated rings. The van der Waals surface area contributed by atoms with E-state index in [4.69, 9.17) is 4.74 Å². The van der Waals surface area contributed by atoms with Gasteiger partial charge in [-0.2, -0.15) is 4.98 Å². The van der Waals surface area contributed by atoms with Crippen molar-refractivity contribution >= 4 is 0 Å². The topological polar surface area (TPSA) is 35.0 Å². The molecule has 0 radical (unpaired) electrons. The SMILES string of the molecule is CC(C)(C)Oc1ccnc(-c2ccccc2)n1. The third-order valence-electron chi connectivity index (χ3n) is 2.07. The summed E-state index contributed by atoms with van der Waals surface area (Å²) in [4.78, 5) is 8.64. The van der Waals surface area contributed by atoms with E-state index in [1.807, 2.05) is 51.1 Å². The summed E-state index contributed by atoms with van der Waals surface area (Å²) >= 11 is 0. The molecule has 0 bridgehead atoms. The van der Waals surface area contributed by atoms with Crippen LogP contribution in [0.2, 0.25) is 0 Å². The van der Waals surface area contributed by atoms with Crippen LogP contribution in [0.25, 0.3) is 11.4 Å². The van der Waals surface area contributed by atoms with E-state index in [2.05, 4.69) is 9.97 Å². The first-order valence-corrected chi connectivity index (χ1v) is 5.62. The molecular formula is C14H16N2O. The monoisotopic (exact) mass is 228 g/mol. The summed E-state index contributed by atoms with van der Waals surface area (Å²) in [6.07, 6.45) is 1.72. The molecule has 3 heteroatoms. The second-order valence-corrected chi connectivity index (χ2v) is 4.80. The number of benzene rings is 1. The Hall–Kier alpha value is -1.90. The van der Waals surface area contributed by atoms with Crippen molar-refractivity contribution in [2.75, 3.05) is 0 Å². The summed E-state index contributed by atoms with van der Waals surface area (Å²) in [7, 11) is 0. The van der Waals surface area contributed by atoms with Gasteiger partial charge in [0.25, 0.3) is 0 Å². The van der Waals surface area contributed by atoms with Crippen molar-refractivity contribution in [2.24, 2.45) is 0 Å². The fourth-order valence-corrected chi connectivity index (χ4v) is 1.44. The van der Waals surface area contributed by atoms with Crippen molar-refractivity contribution in [3.05, 3.63) is 42.6 Å². The van der Waals surface area contributed by atoms with Crippen molar-refractivity contribution < 1.29 is 4.74 Å². The van der Waals surface area contributed by atoms with Crippen LogP contribution in [0.4, 0.5) is 0 Å². The van der Waals surface area contributed by atoms with E-state index in [1.54, 1.807) is 12.3 Å². The van der Waals surface area contributed by atoms with Gasteiger partial charge in [0.15, 0.2) is 5.82 Å². The quantitative estimate of drug-likeness (QED) is 0.790. The summed E-state index contributed by atoms with van der Waals surface area (Å²) in [5.74, 6) is 1.29. The minimum Gasteiger partial charge on any atom is -0.472 e. The highest BCUT2D eigenvalue weighted by Gasteiger charge is 2.13. The van der Waals surface area contributed by atoms with Crippen LogP contribution in [0.1, 0.15) is 20.8 Å². The van der Waals surface area contributed by atoms with E-state index in [9.17, 15) is 0 Å². The lowest BCUT2D eigenvalue weighted by Gasteiger charge is -2.20. The van der Waals surface area contributed by atoms with E-state index in [-0.39, 0.29) is 5.60 Å². The Balaban J connectivity index is 2.29. The Kier molecular flexibility index (Phi) is 3.09. The maximum Gasteiger partial charge on any atom is 0.217 e. The summed E-state index contributed by atoms with van der Waals surface area (Å²) < 4.78 is 5.71. The van der Waals surface area contributed by atoms with Gasteiger partial charge in [-0.25, -0.2) is 4.98 Å². The average Bonchev–Trinajstić information content (AvgIpc) is 2.28. The second-order valence-electron chi connectivity index (χ2n) is 4.80. The third-order valence-corrected chi connectivity index (χ3v) is 2.07. The van der Waals surface area contributed by atoms with Crippen LogP contribution in [0, 0.1) is 0 Å². The molecule has 0 atom stereocenters. The first-order valence-electron chi connectivity index (χ1n) is 5.62. The van der Waals surface area contributed by atoms with E-state index >= 15 is 0 Å². The van der Waals surface area contributed by atoms with Crippen molar-refractivity contribution in [1.82, 2.24) is 9.97 Å². The van der Waals surface area contributed by atoms with Gasteiger partial charge in [-0.3, -0.25) is 0 Å². The Bertz CT molecular complexity index is 489. The van der Waals surface area contributed by atoms with Gasteiger partial charge in [0.05, 0.1) is 0 Å². The van der Waals surface area contributed by atoms with Gasteiger partial charge in [-0.05, 0) is 20.8 Å². The van der Waals surface area contributed by atoms with Crippen LogP contribution in [0.15, 0.2) is 42.6 Å². The summed E-state index contributed by atoms with van der Waals surface area (Å²) in [6, 6.07) is 11.6. The summed E-state index contributed by atoms with van der Waals surface area (Å²) in [6.45, 7) is 5.99. The molecule has 2 rings (SSSR count). The minimum atomic E-state index is -0.248. The largest absolute Gasteiger partial charge is 0.472 e. The molecule has 0 saturated carbocycles. The van der Waals surface area contributed by atoms with Gasteiger partial charge in [0, 0.05) is 17.8 Å². The molecule has 1 aromatic carbocycles. The van der Waals surface area contributed by atoms with Gasteiger partial charge in [-0.15, -0.1) is 0 Å². The maximum atomic E-state index is 5.71. The second kappa shape index (κ2) is 4.53. The molecule has 88 valence electrons. The first kappa shape index (κ1) is 11.6. The lowest BCUT2D eigenvalue weighted by Crippen LogP contribution is -2.23. The molecule has 0 aliphatic heterocycles. The van der Waals surface area contributed by atoms with E-state index < -0.39 is 0 Å². The number of nitrogens with zero attached hydrogens (tertiary/aromatic N) is 2. The molecule has 1 aromatic heterocycles. The molecule has 1 heterocycles. The Morgan fingerprint density at radius 3 is 2.35 bits per heavy atom. The lowest BCUT2D eigenvalue weighted by molar-refractivity contribution is 0.124. The van der Waals surface area contributed by atoms with Crippen LogP contribution >= 0.6 is 0 Å². The Morgan fingerprint density at radius 1 is 1.00 bits per heavy atom. The standard InChI is InChI=1S/C14H16N2O/c1-14(2,3)17-12-9-10-15-13(16-12)11-7-5-4-6-8-11/h4-10H,1-3H3. The van der Waals surface area contributed by atoms with Gasteiger partial charge in [-0.1, -0.05) is 30.3 Å². The van der Waals surface area contributed by atoms with Crippen molar-refractivity contribution in [3.63, 3.8) is 0 Å². The highest BCUT2D eigenvalue weighted by molar-refractivity contribution is 5.54. The van der Waals surface area contributed by atoms with Crippen LogP contribution in [0.3, 0.4) is 0 Å². The van der Waals surface area contributed by atoms with E-state index in [0.29, 0.717) is 11.7 Å². The van der Waals surface area contributed by atoms with Gasteiger partial charge < -0.3 is 4.74 Å². The first-order chi connectivity index (χ1) is 8.04. The van der Waals surface area contributed by atoms with Crippen molar-refractivity contribution in [1.29, 1.82) is 0 Å². The molecule has 17 heavy (non-hydrogen) atoms. The van der Waals surface area contributed by atoms with E-state index in [1.165, 1.54) is 0 Å². The Morgan fingerprint density at radius 2 is 1.71 bits per heavy atom. The van der Waals surface area contributed by atoms with Crippen LogP contribution < -0.4 is 4.74 Å². The van der Waals surface area contributed by atoms with Crippen molar-refractivity contribution in [2.45, 2.75) is 26.4 Å². The predicted molar refractivity (Wildman–Crippen MR) is 67.8 cm³/mol. The maximum absolute atomic E-state index is 5.71. The third kappa shape index (κ3) is 3.28. The number of rotatable bonds is 2.